The summed E-state index contributed by atoms with van der Waals surface area (Å²) in [7, 11) is 0. The maximum absolute atomic E-state index is 5.66. The Labute approximate surface area is 95.7 Å². The molecule has 0 aliphatic heterocycles. The van der Waals surface area contributed by atoms with Crippen LogP contribution in [-0.2, 0) is 13.2 Å². The zero-order chi connectivity index (χ0) is 11.4. The molecule has 1 aromatic heterocycles. The van der Waals surface area contributed by atoms with E-state index >= 15 is 0 Å². The van der Waals surface area contributed by atoms with Crippen LogP contribution in [-0.4, -0.2) is 9.55 Å². The second kappa shape index (κ2) is 4.84. The Balaban J connectivity index is 2.04. The van der Waals surface area contributed by atoms with Gasteiger partial charge < -0.3 is 9.30 Å². The molecule has 0 atom stereocenters. The molecule has 3 heteroatoms. The number of aromatic nitrogens is 2. The highest BCUT2D eigenvalue weighted by molar-refractivity contribution is 5.21. The number of benzene rings is 1. The molecule has 0 fully saturated rings. The van der Waals surface area contributed by atoms with E-state index in [0.717, 1.165) is 23.8 Å². The molecule has 84 valence electrons. The van der Waals surface area contributed by atoms with Gasteiger partial charge in [-0.3, -0.25) is 0 Å². The molecule has 0 spiro atoms. The molecular weight excluding hydrogens is 200 g/mol. The molecular formula is C13H16N2O. The highest BCUT2D eigenvalue weighted by Crippen LogP contribution is 2.11. The van der Waals surface area contributed by atoms with Gasteiger partial charge in [0.25, 0.3) is 0 Å². The lowest BCUT2D eigenvalue weighted by Crippen LogP contribution is -2.05. The van der Waals surface area contributed by atoms with Crippen molar-refractivity contribution in [2.24, 2.45) is 0 Å². The molecule has 0 N–H and O–H groups in total. The van der Waals surface area contributed by atoms with Crippen molar-refractivity contribution in [2.45, 2.75) is 27.0 Å². The SMILES string of the molecule is CCn1cc(C)nc1COc1ccccc1. The lowest BCUT2D eigenvalue weighted by molar-refractivity contribution is 0.290. The van der Waals surface area contributed by atoms with Gasteiger partial charge in [0.2, 0.25) is 0 Å². The van der Waals surface area contributed by atoms with Gasteiger partial charge in [-0.05, 0) is 26.0 Å². The number of ether oxygens (including phenoxy) is 1. The topological polar surface area (TPSA) is 27.1 Å². The molecule has 0 saturated carbocycles. The van der Waals surface area contributed by atoms with Crippen LogP contribution in [0.25, 0.3) is 0 Å². The van der Waals surface area contributed by atoms with Crippen LogP contribution in [0.3, 0.4) is 0 Å². The molecule has 0 saturated heterocycles. The number of para-hydroxylation sites is 1. The minimum absolute atomic E-state index is 0.520. The molecule has 1 heterocycles. The quantitative estimate of drug-likeness (QED) is 0.785. The molecule has 2 aromatic rings. The Hall–Kier alpha value is -1.77. The number of hydrogen-bond acceptors (Lipinski definition) is 2. The van der Waals surface area contributed by atoms with Crippen molar-refractivity contribution in [1.82, 2.24) is 9.55 Å². The second-order valence-electron chi connectivity index (χ2n) is 3.69. The smallest absolute Gasteiger partial charge is 0.147 e. The maximum atomic E-state index is 5.66. The van der Waals surface area contributed by atoms with Crippen molar-refractivity contribution >= 4 is 0 Å². The summed E-state index contributed by atoms with van der Waals surface area (Å²) < 4.78 is 7.77. The summed E-state index contributed by atoms with van der Waals surface area (Å²) in [4.78, 5) is 4.43. The van der Waals surface area contributed by atoms with Gasteiger partial charge in [0, 0.05) is 12.7 Å². The highest BCUT2D eigenvalue weighted by Gasteiger charge is 2.04. The zero-order valence-electron chi connectivity index (χ0n) is 9.68. The first-order valence-corrected chi connectivity index (χ1v) is 5.50. The van der Waals surface area contributed by atoms with Crippen molar-refractivity contribution < 1.29 is 4.74 Å². The normalized spacial score (nSPS) is 10.4. The minimum Gasteiger partial charge on any atom is -0.486 e. The zero-order valence-corrected chi connectivity index (χ0v) is 9.68. The summed E-state index contributed by atoms with van der Waals surface area (Å²) in [6.45, 7) is 5.55. The largest absolute Gasteiger partial charge is 0.486 e. The predicted octanol–water partition coefficient (Wildman–Crippen LogP) is 2.79. The predicted molar refractivity (Wildman–Crippen MR) is 63.4 cm³/mol. The van der Waals surface area contributed by atoms with Crippen LogP contribution < -0.4 is 4.74 Å². The second-order valence-corrected chi connectivity index (χ2v) is 3.69. The fraction of sp³-hybridized carbons (Fsp3) is 0.308. The first kappa shape index (κ1) is 10.7. The van der Waals surface area contributed by atoms with E-state index in [1.54, 1.807) is 0 Å². The Kier molecular flexibility index (Phi) is 3.25. The van der Waals surface area contributed by atoms with Crippen molar-refractivity contribution in [3.05, 3.63) is 48.0 Å². The van der Waals surface area contributed by atoms with Crippen LogP contribution in [0.1, 0.15) is 18.4 Å². The standard InChI is InChI=1S/C13H16N2O/c1-3-15-9-11(2)14-13(15)10-16-12-7-5-4-6-8-12/h4-9H,3,10H2,1-2H3. The van der Waals surface area contributed by atoms with Crippen LogP contribution in [0.2, 0.25) is 0 Å². The van der Waals surface area contributed by atoms with Crippen molar-refractivity contribution in [1.29, 1.82) is 0 Å². The van der Waals surface area contributed by atoms with Gasteiger partial charge in [0.15, 0.2) is 0 Å². The molecule has 1 aromatic carbocycles. The number of imidazole rings is 1. The van der Waals surface area contributed by atoms with Gasteiger partial charge in [-0.2, -0.15) is 0 Å². The van der Waals surface area contributed by atoms with E-state index in [1.165, 1.54) is 0 Å². The first-order valence-electron chi connectivity index (χ1n) is 5.50. The fourth-order valence-electron chi connectivity index (χ4n) is 1.65. The van der Waals surface area contributed by atoms with Gasteiger partial charge in [-0.25, -0.2) is 4.98 Å². The van der Waals surface area contributed by atoms with Crippen molar-refractivity contribution in [3.8, 4) is 5.75 Å². The average Bonchev–Trinajstić information content (AvgIpc) is 2.68. The molecule has 0 amide bonds. The van der Waals surface area contributed by atoms with Crippen LogP contribution in [0.15, 0.2) is 36.5 Å². The van der Waals surface area contributed by atoms with E-state index in [4.69, 9.17) is 4.74 Å². The molecule has 2 rings (SSSR count). The van der Waals surface area contributed by atoms with Crippen LogP contribution in [0.4, 0.5) is 0 Å². The lowest BCUT2D eigenvalue weighted by atomic mass is 10.3. The van der Waals surface area contributed by atoms with Gasteiger partial charge in [0.1, 0.15) is 18.2 Å². The third-order valence-corrected chi connectivity index (χ3v) is 2.43. The van der Waals surface area contributed by atoms with Gasteiger partial charge >= 0.3 is 0 Å². The van der Waals surface area contributed by atoms with Crippen LogP contribution in [0, 0.1) is 6.92 Å². The third kappa shape index (κ3) is 2.42. The fourth-order valence-corrected chi connectivity index (χ4v) is 1.65. The molecule has 16 heavy (non-hydrogen) atoms. The number of rotatable bonds is 4. The summed E-state index contributed by atoms with van der Waals surface area (Å²) in [5.74, 6) is 1.86. The third-order valence-electron chi connectivity index (χ3n) is 2.43. The Bertz CT molecular complexity index is 448. The first-order chi connectivity index (χ1) is 7.79. The van der Waals surface area contributed by atoms with E-state index in [1.807, 2.05) is 43.5 Å². The minimum atomic E-state index is 0.520. The molecule has 0 aliphatic rings. The van der Waals surface area contributed by atoms with Crippen molar-refractivity contribution in [2.75, 3.05) is 0 Å². The van der Waals surface area contributed by atoms with E-state index in [9.17, 15) is 0 Å². The molecule has 0 unspecified atom stereocenters. The van der Waals surface area contributed by atoms with Crippen molar-refractivity contribution in [3.63, 3.8) is 0 Å². The summed E-state index contributed by atoms with van der Waals surface area (Å²) in [6, 6.07) is 9.81. The Morgan fingerprint density at radius 1 is 1.25 bits per heavy atom. The van der Waals surface area contributed by atoms with E-state index < -0.39 is 0 Å². The Morgan fingerprint density at radius 3 is 2.69 bits per heavy atom. The monoisotopic (exact) mass is 216 g/mol. The van der Waals surface area contributed by atoms with E-state index in [-0.39, 0.29) is 0 Å². The van der Waals surface area contributed by atoms with E-state index in [2.05, 4.69) is 16.5 Å². The van der Waals surface area contributed by atoms with Crippen LogP contribution >= 0.6 is 0 Å². The lowest BCUT2D eigenvalue weighted by Gasteiger charge is -2.06. The number of hydrogen-bond donors (Lipinski definition) is 0. The maximum Gasteiger partial charge on any atom is 0.147 e. The summed E-state index contributed by atoms with van der Waals surface area (Å²) in [6.07, 6.45) is 2.05. The summed E-state index contributed by atoms with van der Waals surface area (Å²) in [5, 5.41) is 0. The van der Waals surface area contributed by atoms with Gasteiger partial charge in [-0.15, -0.1) is 0 Å². The number of nitrogens with zero attached hydrogens (tertiary/aromatic N) is 2. The number of aryl methyl sites for hydroxylation is 2. The molecule has 3 nitrogen and oxygen atoms in total. The summed E-state index contributed by atoms with van der Waals surface area (Å²) in [5.41, 5.74) is 1.04. The molecule has 0 aliphatic carbocycles. The Morgan fingerprint density at radius 2 is 2.00 bits per heavy atom. The summed E-state index contributed by atoms with van der Waals surface area (Å²) >= 11 is 0. The average molecular weight is 216 g/mol. The van der Waals surface area contributed by atoms with Crippen LogP contribution in [0.5, 0.6) is 5.75 Å². The molecule has 0 bridgehead atoms. The van der Waals surface area contributed by atoms with Gasteiger partial charge in [0.05, 0.1) is 5.69 Å². The van der Waals surface area contributed by atoms with Gasteiger partial charge in [-0.1, -0.05) is 18.2 Å². The highest BCUT2D eigenvalue weighted by atomic mass is 16.5. The van der Waals surface area contributed by atoms with E-state index in [0.29, 0.717) is 6.61 Å². The molecule has 0 radical (unpaired) electrons.